The first-order chi connectivity index (χ1) is 12.7. The molecule has 0 unspecified atom stereocenters. The van der Waals surface area contributed by atoms with Crippen LogP contribution in [0.4, 0.5) is 5.82 Å². The molecule has 3 heterocycles. The molecular formula is C19H18ClN5O. The van der Waals surface area contributed by atoms with Gasteiger partial charge in [0.15, 0.2) is 5.76 Å². The van der Waals surface area contributed by atoms with E-state index < -0.39 is 0 Å². The van der Waals surface area contributed by atoms with Crippen LogP contribution in [0, 0.1) is 6.92 Å². The third kappa shape index (κ3) is 2.93. The highest BCUT2D eigenvalue weighted by Crippen LogP contribution is 2.25. The monoisotopic (exact) mass is 367 g/mol. The summed E-state index contributed by atoms with van der Waals surface area (Å²) in [4.78, 5) is 9.10. The zero-order chi connectivity index (χ0) is 18.1. The second-order valence-corrected chi connectivity index (χ2v) is 6.35. The van der Waals surface area contributed by atoms with Crippen LogP contribution in [-0.4, -0.2) is 19.6 Å². The SMILES string of the molecule is CCc1c(C)nc2nc(-c3ccco3)nn2c1NCc1ccccc1Cl. The normalized spacial score (nSPS) is 11.2. The van der Waals surface area contributed by atoms with Crippen molar-refractivity contribution in [3.63, 3.8) is 0 Å². The van der Waals surface area contributed by atoms with Crippen LogP contribution in [0.2, 0.25) is 5.02 Å². The van der Waals surface area contributed by atoms with Crippen molar-refractivity contribution >= 4 is 23.2 Å². The lowest BCUT2D eigenvalue weighted by molar-refractivity contribution is 0.577. The molecule has 26 heavy (non-hydrogen) atoms. The summed E-state index contributed by atoms with van der Waals surface area (Å²) in [5, 5.41) is 8.79. The average Bonchev–Trinajstić information content (AvgIpc) is 3.29. The van der Waals surface area contributed by atoms with Crippen LogP contribution in [0.1, 0.15) is 23.7 Å². The standard InChI is InChI=1S/C19H18ClN5O/c1-3-14-12(2)22-19-23-17(16-9-6-10-26-16)24-25(19)18(14)21-11-13-7-4-5-8-15(13)20/h4-10,21H,3,11H2,1-2H3. The van der Waals surface area contributed by atoms with Crippen LogP contribution in [0.25, 0.3) is 17.4 Å². The van der Waals surface area contributed by atoms with Gasteiger partial charge in [0.2, 0.25) is 5.82 Å². The second kappa shape index (κ2) is 6.80. The van der Waals surface area contributed by atoms with Gasteiger partial charge in [-0.2, -0.15) is 9.50 Å². The van der Waals surface area contributed by atoms with Crippen molar-refractivity contribution in [2.75, 3.05) is 5.32 Å². The van der Waals surface area contributed by atoms with Crippen LogP contribution in [0.15, 0.2) is 47.1 Å². The number of hydrogen-bond donors (Lipinski definition) is 1. The fraction of sp³-hybridized carbons (Fsp3) is 0.211. The van der Waals surface area contributed by atoms with Gasteiger partial charge in [0.1, 0.15) is 5.82 Å². The van der Waals surface area contributed by atoms with Gasteiger partial charge in [-0.15, -0.1) is 5.10 Å². The van der Waals surface area contributed by atoms with Gasteiger partial charge < -0.3 is 9.73 Å². The molecule has 1 aromatic carbocycles. The Hall–Kier alpha value is -2.86. The Bertz CT molecular complexity index is 1060. The molecule has 3 aromatic heterocycles. The number of halogens is 1. The summed E-state index contributed by atoms with van der Waals surface area (Å²) in [6, 6.07) is 11.4. The summed E-state index contributed by atoms with van der Waals surface area (Å²) in [5.74, 6) is 2.53. The maximum absolute atomic E-state index is 6.29. The molecule has 0 radical (unpaired) electrons. The fourth-order valence-corrected chi connectivity index (χ4v) is 3.18. The average molecular weight is 368 g/mol. The van der Waals surface area contributed by atoms with Crippen molar-refractivity contribution in [2.24, 2.45) is 0 Å². The number of furan rings is 1. The Kier molecular flexibility index (Phi) is 4.34. The Labute approximate surface area is 155 Å². The van der Waals surface area contributed by atoms with Crippen molar-refractivity contribution < 1.29 is 4.42 Å². The highest BCUT2D eigenvalue weighted by atomic mass is 35.5. The van der Waals surface area contributed by atoms with E-state index >= 15 is 0 Å². The Morgan fingerprint density at radius 3 is 2.73 bits per heavy atom. The number of aromatic nitrogens is 4. The molecule has 0 atom stereocenters. The third-order valence-electron chi connectivity index (χ3n) is 4.29. The predicted molar refractivity (Wildman–Crippen MR) is 101 cm³/mol. The minimum atomic E-state index is 0.510. The zero-order valence-corrected chi connectivity index (χ0v) is 15.3. The molecule has 0 aliphatic carbocycles. The first kappa shape index (κ1) is 16.6. The van der Waals surface area contributed by atoms with Crippen molar-refractivity contribution in [3.8, 4) is 11.6 Å². The molecule has 0 saturated carbocycles. The number of anilines is 1. The number of aryl methyl sites for hydroxylation is 1. The molecular weight excluding hydrogens is 350 g/mol. The highest BCUT2D eigenvalue weighted by Gasteiger charge is 2.17. The van der Waals surface area contributed by atoms with Crippen LogP contribution in [-0.2, 0) is 13.0 Å². The number of nitrogens with zero attached hydrogens (tertiary/aromatic N) is 4. The molecule has 0 spiro atoms. The largest absolute Gasteiger partial charge is 0.461 e. The lowest BCUT2D eigenvalue weighted by Gasteiger charge is -2.14. The van der Waals surface area contributed by atoms with E-state index in [1.165, 1.54) is 0 Å². The fourth-order valence-electron chi connectivity index (χ4n) is 2.98. The van der Waals surface area contributed by atoms with Gasteiger partial charge in [0.05, 0.1) is 6.26 Å². The van der Waals surface area contributed by atoms with E-state index in [2.05, 4.69) is 27.3 Å². The van der Waals surface area contributed by atoms with Gasteiger partial charge in [0.25, 0.3) is 5.78 Å². The molecule has 132 valence electrons. The van der Waals surface area contributed by atoms with Gasteiger partial charge >= 0.3 is 0 Å². The van der Waals surface area contributed by atoms with E-state index in [0.717, 1.165) is 34.1 Å². The maximum atomic E-state index is 6.29. The third-order valence-corrected chi connectivity index (χ3v) is 4.66. The lowest BCUT2D eigenvalue weighted by atomic mass is 10.1. The van der Waals surface area contributed by atoms with E-state index in [9.17, 15) is 0 Å². The van der Waals surface area contributed by atoms with Crippen LogP contribution in [0.3, 0.4) is 0 Å². The van der Waals surface area contributed by atoms with Gasteiger partial charge in [0, 0.05) is 22.8 Å². The minimum Gasteiger partial charge on any atom is -0.461 e. The highest BCUT2D eigenvalue weighted by molar-refractivity contribution is 6.31. The molecule has 4 rings (SSSR count). The first-order valence-corrected chi connectivity index (χ1v) is 8.82. The quantitative estimate of drug-likeness (QED) is 0.561. The second-order valence-electron chi connectivity index (χ2n) is 5.95. The van der Waals surface area contributed by atoms with Crippen molar-refractivity contribution in [1.29, 1.82) is 0 Å². The van der Waals surface area contributed by atoms with Crippen LogP contribution in [0.5, 0.6) is 0 Å². The van der Waals surface area contributed by atoms with Crippen molar-refractivity contribution in [3.05, 3.63) is 64.5 Å². The Balaban J connectivity index is 1.79. The smallest absolute Gasteiger partial charge is 0.255 e. The van der Waals surface area contributed by atoms with Gasteiger partial charge in [-0.1, -0.05) is 36.7 Å². The molecule has 7 heteroatoms. The number of rotatable bonds is 5. The lowest BCUT2D eigenvalue weighted by Crippen LogP contribution is -2.11. The molecule has 0 saturated heterocycles. The van der Waals surface area contributed by atoms with E-state index in [4.69, 9.17) is 16.0 Å². The summed E-state index contributed by atoms with van der Waals surface area (Å²) >= 11 is 6.29. The molecule has 0 aliphatic rings. The maximum Gasteiger partial charge on any atom is 0.255 e. The van der Waals surface area contributed by atoms with Crippen LogP contribution >= 0.6 is 11.6 Å². The summed E-state index contributed by atoms with van der Waals surface area (Å²) < 4.78 is 7.15. The number of hydrogen-bond acceptors (Lipinski definition) is 5. The summed E-state index contributed by atoms with van der Waals surface area (Å²) in [7, 11) is 0. The molecule has 0 amide bonds. The van der Waals surface area contributed by atoms with Crippen molar-refractivity contribution in [2.45, 2.75) is 26.8 Å². The molecule has 1 N–H and O–H groups in total. The Morgan fingerprint density at radius 1 is 1.15 bits per heavy atom. The minimum absolute atomic E-state index is 0.510. The zero-order valence-electron chi connectivity index (χ0n) is 14.5. The van der Waals surface area contributed by atoms with Gasteiger partial charge in [-0.05, 0) is 37.1 Å². The van der Waals surface area contributed by atoms with E-state index in [-0.39, 0.29) is 0 Å². The molecule has 0 bridgehead atoms. The first-order valence-electron chi connectivity index (χ1n) is 8.44. The molecule has 4 aromatic rings. The molecule has 6 nitrogen and oxygen atoms in total. The number of fused-ring (bicyclic) bond motifs is 1. The summed E-state index contributed by atoms with van der Waals surface area (Å²) in [5.41, 5.74) is 3.05. The van der Waals surface area contributed by atoms with E-state index in [1.807, 2.05) is 43.3 Å². The molecule has 0 fully saturated rings. The van der Waals surface area contributed by atoms with Crippen molar-refractivity contribution in [1.82, 2.24) is 19.6 Å². The number of benzene rings is 1. The number of nitrogens with one attached hydrogen (secondary N) is 1. The van der Waals surface area contributed by atoms with Gasteiger partial charge in [-0.25, -0.2) is 4.98 Å². The van der Waals surface area contributed by atoms with Crippen LogP contribution < -0.4 is 5.32 Å². The van der Waals surface area contributed by atoms with E-state index in [1.54, 1.807) is 10.8 Å². The summed E-state index contributed by atoms with van der Waals surface area (Å²) in [6.07, 6.45) is 2.43. The molecule has 0 aliphatic heterocycles. The van der Waals surface area contributed by atoms with Gasteiger partial charge in [-0.3, -0.25) is 0 Å². The Morgan fingerprint density at radius 2 is 2.00 bits per heavy atom. The summed E-state index contributed by atoms with van der Waals surface area (Å²) in [6.45, 7) is 4.67. The van der Waals surface area contributed by atoms with E-state index in [0.29, 0.717) is 23.9 Å². The predicted octanol–water partition coefficient (Wildman–Crippen LogP) is 4.52. The topological polar surface area (TPSA) is 68.2 Å².